The summed E-state index contributed by atoms with van der Waals surface area (Å²) in [6.45, 7) is 1.39. The summed E-state index contributed by atoms with van der Waals surface area (Å²) in [5, 5.41) is 7.83. The first-order valence-electron chi connectivity index (χ1n) is 8.77. The maximum Gasteiger partial charge on any atom is 0.255 e. The third kappa shape index (κ3) is 5.26. The Morgan fingerprint density at radius 3 is 1.93 bits per heavy atom. The van der Waals surface area contributed by atoms with E-state index in [-0.39, 0.29) is 22.7 Å². The van der Waals surface area contributed by atoms with E-state index in [1.54, 1.807) is 42.5 Å². The van der Waals surface area contributed by atoms with Crippen LogP contribution in [0.5, 0.6) is 0 Å². The molecule has 29 heavy (non-hydrogen) atoms. The molecular formula is C22H18FN3O3. The van der Waals surface area contributed by atoms with Gasteiger partial charge in [-0.3, -0.25) is 14.4 Å². The van der Waals surface area contributed by atoms with Gasteiger partial charge in [-0.1, -0.05) is 24.3 Å². The molecule has 0 aromatic heterocycles. The molecule has 0 aliphatic carbocycles. The third-order valence-corrected chi connectivity index (χ3v) is 3.95. The molecule has 0 unspecified atom stereocenters. The maximum absolute atomic E-state index is 13.7. The van der Waals surface area contributed by atoms with Crippen molar-refractivity contribution in [3.8, 4) is 0 Å². The Bertz CT molecular complexity index is 1080. The second-order valence-electron chi connectivity index (χ2n) is 6.23. The number of para-hydroxylation sites is 1. The number of anilines is 3. The summed E-state index contributed by atoms with van der Waals surface area (Å²) < 4.78 is 13.7. The summed E-state index contributed by atoms with van der Waals surface area (Å²) in [6.07, 6.45) is 0. The molecule has 0 saturated carbocycles. The molecule has 0 aliphatic rings. The number of carbonyl (C=O) groups excluding carboxylic acids is 3. The SMILES string of the molecule is CC(=O)Nc1cccc(NC(=O)c2cccc(C(=O)Nc3ccccc3F)c2)c1. The molecule has 0 atom stereocenters. The Labute approximate surface area is 166 Å². The predicted octanol–water partition coefficient (Wildman–Crippen LogP) is 4.29. The van der Waals surface area contributed by atoms with Gasteiger partial charge in [0.25, 0.3) is 11.8 Å². The fourth-order valence-electron chi connectivity index (χ4n) is 2.64. The van der Waals surface area contributed by atoms with Crippen LogP contribution in [0.25, 0.3) is 0 Å². The summed E-state index contributed by atoms with van der Waals surface area (Å²) in [5.41, 5.74) is 1.57. The van der Waals surface area contributed by atoms with Crippen LogP contribution >= 0.6 is 0 Å². The summed E-state index contributed by atoms with van der Waals surface area (Å²) >= 11 is 0. The van der Waals surface area contributed by atoms with Crippen LogP contribution in [-0.4, -0.2) is 17.7 Å². The molecular weight excluding hydrogens is 373 g/mol. The number of nitrogens with one attached hydrogen (secondary N) is 3. The van der Waals surface area contributed by atoms with Crippen molar-refractivity contribution >= 4 is 34.8 Å². The lowest BCUT2D eigenvalue weighted by molar-refractivity contribution is -0.114. The van der Waals surface area contributed by atoms with E-state index >= 15 is 0 Å². The molecule has 0 heterocycles. The number of amides is 3. The fraction of sp³-hybridized carbons (Fsp3) is 0.0455. The average molecular weight is 391 g/mol. The molecule has 7 heteroatoms. The van der Waals surface area contributed by atoms with Gasteiger partial charge in [-0.2, -0.15) is 0 Å². The normalized spacial score (nSPS) is 10.1. The molecule has 3 rings (SSSR count). The van der Waals surface area contributed by atoms with E-state index in [0.717, 1.165) is 0 Å². The molecule has 0 fully saturated rings. The van der Waals surface area contributed by atoms with Crippen molar-refractivity contribution in [2.24, 2.45) is 0 Å². The van der Waals surface area contributed by atoms with Crippen molar-refractivity contribution in [3.05, 3.63) is 89.7 Å². The lowest BCUT2D eigenvalue weighted by Crippen LogP contribution is -2.16. The van der Waals surface area contributed by atoms with Crippen molar-refractivity contribution in [1.82, 2.24) is 0 Å². The highest BCUT2D eigenvalue weighted by atomic mass is 19.1. The average Bonchev–Trinajstić information content (AvgIpc) is 2.69. The Morgan fingerprint density at radius 2 is 1.28 bits per heavy atom. The number of carbonyl (C=O) groups is 3. The third-order valence-electron chi connectivity index (χ3n) is 3.95. The van der Waals surface area contributed by atoms with Crippen LogP contribution in [0.15, 0.2) is 72.8 Å². The van der Waals surface area contributed by atoms with Gasteiger partial charge in [-0.05, 0) is 48.5 Å². The van der Waals surface area contributed by atoms with E-state index < -0.39 is 17.6 Å². The number of benzene rings is 3. The Kier molecular flexibility index (Phi) is 5.99. The van der Waals surface area contributed by atoms with Gasteiger partial charge < -0.3 is 16.0 Å². The van der Waals surface area contributed by atoms with E-state index in [0.29, 0.717) is 11.4 Å². The summed E-state index contributed by atoms with van der Waals surface area (Å²) in [6, 6.07) is 18.6. The lowest BCUT2D eigenvalue weighted by Gasteiger charge is -2.10. The number of hydrogen-bond acceptors (Lipinski definition) is 3. The van der Waals surface area contributed by atoms with Crippen LogP contribution in [0.2, 0.25) is 0 Å². The van der Waals surface area contributed by atoms with Crippen LogP contribution in [0.1, 0.15) is 27.6 Å². The van der Waals surface area contributed by atoms with Gasteiger partial charge >= 0.3 is 0 Å². The largest absolute Gasteiger partial charge is 0.326 e. The minimum absolute atomic E-state index is 0.0575. The Hall–Kier alpha value is -4.00. The molecule has 0 aliphatic heterocycles. The second kappa shape index (κ2) is 8.79. The van der Waals surface area contributed by atoms with Crippen LogP contribution in [0, 0.1) is 5.82 Å². The first kappa shape index (κ1) is 19.8. The first-order valence-corrected chi connectivity index (χ1v) is 8.77. The molecule has 3 aromatic carbocycles. The van der Waals surface area contributed by atoms with Gasteiger partial charge in [0.05, 0.1) is 5.69 Å². The van der Waals surface area contributed by atoms with Crippen LogP contribution in [0.3, 0.4) is 0 Å². The van der Waals surface area contributed by atoms with E-state index in [4.69, 9.17) is 0 Å². The van der Waals surface area contributed by atoms with Crippen LogP contribution in [-0.2, 0) is 4.79 Å². The smallest absolute Gasteiger partial charge is 0.255 e. The Morgan fingerprint density at radius 1 is 0.690 bits per heavy atom. The molecule has 0 radical (unpaired) electrons. The van der Waals surface area contributed by atoms with Crippen molar-refractivity contribution in [2.45, 2.75) is 6.92 Å². The molecule has 3 aromatic rings. The highest BCUT2D eigenvalue weighted by Crippen LogP contribution is 2.18. The minimum atomic E-state index is -0.547. The summed E-state index contributed by atoms with van der Waals surface area (Å²) in [7, 11) is 0. The van der Waals surface area contributed by atoms with Crippen molar-refractivity contribution in [1.29, 1.82) is 0 Å². The van der Waals surface area contributed by atoms with Gasteiger partial charge in [0.1, 0.15) is 5.82 Å². The summed E-state index contributed by atoms with van der Waals surface area (Å²) in [4.78, 5) is 36.1. The van der Waals surface area contributed by atoms with Crippen LogP contribution in [0.4, 0.5) is 21.5 Å². The Balaban J connectivity index is 1.73. The molecule has 0 bridgehead atoms. The zero-order valence-corrected chi connectivity index (χ0v) is 15.5. The van der Waals surface area contributed by atoms with Crippen molar-refractivity contribution < 1.29 is 18.8 Å². The number of halogens is 1. The zero-order valence-electron chi connectivity index (χ0n) is 15.5. The number of hydrogen-bond donors (Lipinski definition) is 3. The maximum atomic E-state index is 13.7. The molecule has 0 saturated heterocycles. The molecule has 146 valence electrons. The molecule has 3 amide bonds. The van der Waals surface area contributed by atoms with Gasteiger partial charge in [0, 0.05) is 29.4 Å². The zero-order chi connectivity index (χ0) is 20.8. The van der Waals surface area contributed by atoms with E-state index in [1.165, 1.54) is 37.3 Å². The number of rotatable bonds is 5. The molecule has 3 N–H and O–H groups in total. The fourth-order valence-corrected chi connectivity index (χ4v) is 2.64. The quantitative estimate of drug-likeness (QED) is 0.606. The summed E-state index contributed by atoms with van der Waals surface area (Å²) in [5.74, 6) is -1.72. The predicted molar refractivity (Wildman–Crippen MR) is 109 cm³/mol. The van der Waals surface area contributed by atoms with Gasteiger partial charge in [0.2, 0.25) is 5.91 Å². The van der Waals surface area contributed by atoms with E-state index in [2.05, 4.69) is 16.0 Å². The highest BCUT2D eigenvalue weighted by Gasteiger charge is 2.13. The van der Waals surface area contributed by atoms with E-state index in [1.807, 2.05) is 0 Å². The highest BCUT2D eigenvalue weighted by molar-refractivity contribution is 6.09. The van der Waals surface area contributed by atoms with E-state index in [9.17, 15) is 18.8 Å². The monoisotopic (exact) mass is 391 g/mol. The minimum Gasteiger partial charge on any atom is -0.326 e. The second-order valence-corrected chi connectivity index (χ2v) is 6.23. The molecule has 0 spiro atoms. The topological polar surface area (TPSA) is 87.3 Å². The van der Waals surface area contributed by atoms with Crippen LogP contribution < -0.4 is 16.0 Å². The van der Waals surface area contributed by atoms with Gasteiger partial charge in [-0.15, -0.1) is 0 Å². The standard InChI is InChI=1S/C22H18FN3O3/c1-14(27)24-17-8-5-9-18(13-17)25-21(28)15-6-4-7-16(12-15)22(29)26-20-11-3-2-10-19(20)23/h2-13H,1H3,(H,24,27)(H,25,28)(H,26,29). The van der Waals surface area contributed by atoms with Crippen molar-refractivity contribution in [2.75, 3.05) is 16.0 Å². The van der Waals surface area contributed by atoms with Crippen molar-refractivity contribution in [3.63, 3.8) is 0 Å². The van der Waals surface area contributed by atoms with Gasteiger partial charge in [0.15, 0.2) is 0 Å². The van der Waals surface area contributed by atoms with Gasteiger partial charge in [-0.25, -0.2) is 4.39 Å². The molecule has 6 nitrogen and oxygen atoms in total. The lowest BCUT2D eigenvalue weighted by atomic mass is 10.1. The first-order chi connectivity index (χ1) is 13.9.